The molecule has 212 valence electrons. The minimum atomic E-state index is -4.83. The third kappa shape index (κ3) is 7.59. The number of benzene rings is 2. The summed E-state index contributed by atoms with van der Waals surface area (Å²) in [5, 5.41) is 5.90. The number of rotatable bonds is 11. The van der Waals surface area contributed by atoms with Crippen molar-refractivity contribution in [3.63, 3.8) is 0 Å². The summed E-state index contributed by atoms with van der Waals surface area (Å²) in [5.41, 5.74) is 2.01. The number of anilines is 4. The summed E-state index contributed by atoms with van der Waals surface area (Å²) >= 11 is 0. The average Bonchev–Trinajstić information content (AvgIpc) is 3.45. The van der Waals surface area contributed by atoms with Gasteiger partial charge in [-0.1, -0.05) is 18.7 Å². The maximum absolute atomic E-state index is 12.7. The van der Waals surface area contributed by atoms with E-state index in [9.17, 15) is 18.0 Å². The number of aromatic nitrogens is 3. The molecule has 3 aromatic rings. The SMILES string of the molecule is C=CC(=O)Nc1cc(Nc2ncnc(-c3cccc(OC(F)(F)F)c3)n2)c(OC)cc1N(C)CCN1CCCC1. The fraction of sp³-hybridized carbons (Fsp3) is 0.333. The summed E-state index contributed by atoms with van der Waals surface area (Å²) in [6.45, 7) is 7.31. The summed E-state index contributed by atoms with van der Waals surface area (Å²) < 4.78 is 47.6. The van der Waals surface area contributed by atoms with E-state index in [1.807, 2.05) is 11.9 Å². The molecule has 0 bridgehead atoms. The number of likely N-dealkylation sites (N-methyl/N-ethyl adjacent to an activating group) is 1. The van der Waals surface area contributed by atoms with E-state index >= 15 is 0 Å². The van der Waals surface area contributed by atoms with Gasteiger partial charge in [-0.2, -0.15) is 4.98 Å². The standard InChI is InChI=1S/C27H30F3N7O3/c1-4-24(38)33-20-15-21(23(39-3)16-22(20)36(2)12-13-37-10-5-6-11-37)34-26-32-17-31-25(35-26)18-8-7-9-19(14-18)40-27(28,29)30/h4,7-9,14-17H,1,5-6,10-13H2,2-3H3,(H,33,38)(H,31,32,34,35). The molecule has 13 heteroatoms. The third-order valence-electron chi connectivity index (χ3n) is 6.27. The van der Waals surface area contributed by atoms with E-state index in [1.165, 1.54) is 50.6 Å². The lowest BCUT2D eigenvalue weighted by Gasteiger charge is -2.26. The minimum Gasteiger partial charge on any atom is -0.494 e. The molecular weight excluding hydrogens is 527 g/mol. The Bertz CT molecular complexity index is 1350. The summed E-state index contributed by atoms with van der Waals surface area (Å²) in [6, 6.07) is 8.82. The molecule has 2 heterocycles. The van der Waals surface area contributed by atoms with Crippen molar-refractivity contribution in [1.82, 2.24) is 19.9 Å². The molecule has 1 aliphatic rings. The quantitative estimate of drug-likeness (QED) is 0.320. The van der Waals surface area contributed by atoms with Crippen LogP contribution in [0.25, 0.3) is 11.4 Å². The zero-order chi connectivity index (χ0) is 28.7. The van der Waals surface area contributed by atoms with Crippen LogP contribution in [0.3, 0.4) is 0 Å². The van der Waals surface area contributed by atoms with Crippen LogP contribution in [0.2, 0.25) is 0 Å². The number of amides is 1. The number of hydrogen-bond acceptors (Lipinski definition) is 9. The molecule has 0 unspecified atom stereocenters. The topological polar surface area (TPSA) is 105 Å². The van der Waals surface area contributed by atoms with E-state index in [1.54, 1.807) is 18.2 Å². The van der Waals surface area contributed by atoms with Crippen molar-refractivity contribution >= 4 is 28.9 Å². The zero-order valence-corrected chi connectivity index (χ0v) is 22.2. The Morgan fingerprint density at radius 1 is 1.18 bits per heavy atom. The van der Waals surface area contributed by atoms with E-state index < -0.39 is 12.1 Å². The molecule has 1 aliphatic heterocycles. The first-order valence-corrected chi connectivity index (χ1v) is 12.6. The van der Waals surface area contributed by atoms with Gasteiger partial charge in [0.2, 0.25) is 11.9 Å². The van der Waals surface area contributed by atoms with Crippen LogP contribution in [0.5, 0.6) is 11.5 Å². The molecule has 1 amide bonds. The smallest absolute Gasteiger partial charge is 0.494 e. The molecule has 0 spiro atoms. The molecule has 0 atom stereocenters. The normalized spacial score (nSPS) is 13.5. The predicted octanol–water partition coefficient (Wildman–Crippen LogP) is 4.85. The summed E-state index contributed by atoms with van der Waals surface area (Å²) in [6.07, 6.45) is -0.0160. The number of nitrogens with one attached hydrogen (secondary N) is 2. The average molecular weight is 558 g/mol. The number of carbonyl (C=O) groups is 1. The first-order valence-electron chi connectivity index (χ1n) is 12.6. The van der Waals surface area contributed by atoms with Crippen LogP contribution in [-0.2, 0) is 4.79 Å². The maximum Gasteiger partial charge on any atom is 0.573 e. The lowest BCUT2D eigenvalue weighted by molar-refractivity contribution is -0.274. The molecule has 1 aromatic heterocycles. The van der Waals surface area contributed by atoms with Crippen LogP contribution in [0.4, 0.5) is 36.2 Å². The van der Waals surface area contributed by atoms with Crippen molar-refractivity contribution in [2.24, 2.45) is 0 Å². The van der Waals surface area contributed by atoms with Gasteiger partial charge in [-0.15, -0.1) is 13.2 Å². The second kappa shape index (κ2) is 12.6. The predicted molar refractivity (Wildman–Crippen MR) is 146 cm³/mol. The lowest BCUT2D eigenvalue weighted by Crippen LogP contribution is -2.32. The van der Waals surface area contributed by atoms with Crippen molar-refractivity contribution < 1.29 is 27.4 Å². The van der Waals surface area contributed by atoms with Gasteiger partial charge in [0.25, 0.3) is 0 Å². The number of nitrogens with zero attached hydrogens (tertiary/aromatic N) is 5. The van der Waals surface area contributed by atoms with E-state index in [4.69, 9.17) is 4.74 Å². The van der Waals surface area contributed by atoms with Crippen LogP contribution in [0, 0.1) is 0 Å². The summed E-state index contributed by atoms with van der Waals surface area (Å²) in [7, 11) is 3.46. The second-order valence-electron chi connectivity index (χ2n) is 9.07. The number of carbonyl (C=O) groups excluding carboxylic acids is 1. The van der Waals surface area contributed by atoms with Crippen molar-refractivity contribution in [3.05, 3.63) is 55.4 Å². The van der Waals surface area contributed by atoms with E-state index in [0.29, 0.717) is 22.7 Å². The van der Waals surface area contributed by atoms with Gasteiger partial charge in [-0.05, 0) is 50.2 Å². The highest BCUT2D eigenvalue weighted by Gasteiger charge is 2.31. The summed E-state index contributed by atoms with van der Waals surface area (Å²) in [4.78, 5) is 29.2. The van der Waals surface area contributed by atoms with Gasteiger partial charge in [0.1, 0.15) is 17.8 Å². The fourth-order valence-electron chi connectivity index (χ4n) is 4.30. The highest BCUT2D eigenvalue weighted by molar-refractivity contribution is 6.02. The molecule has 40 heavy (non-hydrogen) atoms. The van der Waals surface area contributed by atoms with Crippen LogP contribution in [-0.4, -0.2) is 72.5 Å². The van der Waals surface area contributed by atoms with Gasteiger partial charge in [0.05, 0.1) is 24.2 Å². The molecule has 1 fully saturated rings. The Morgan fingerprint density at radius 2 is 1.95 bits per heavy atom. The molecular formula is C27H30F3N7O3. The number of alkyl halides is 3. The highest BCUT2D eigenvalue weighted by atomic mass is 19.4. The fourth-order valence-corrected chi connectivity index (χ4v) is 4.30. The van der Waals surface area contributed by atoms with Crippen molar-refractivity contribution in [2.45, 2.75) is 19.2 Å². The molecule has 4 rings (SSSR count). The first-order chi connectivity index (χ1) is 19.1. The largest absolute Gasteiger partial charge is 0.573 e. The minimum absolute atomic E-state index is 0.113. The molecule has 0 aliphatic carbocycles. The van der Waals surface area contributed by atoms with E-state index in [-0.39, 0.29) is 17.7 Å². The summed E-state index contributed by atoms with van der Waals surface area (Å²) in [5.74, 6) is -0.0753. The molecule has 1 saturated heterocycles. The molecule has 2 aromatic carbocycles. The molecule has 10 nitrogen and oxygen atoms in total. The van der Waals surface area contributed by atoms with Gasteiger partial charge in [-0.3, -0.25) is 4.79 Å². The Morgan fingerprint density at radius 3 is 2.65 bits per heavy atom. The van der Waals surface area contributed by atoms with Gasteiger partial charge >= 0.3 is 6.36 Å². The van der Waals surface area contributed by atoms with Crippen molar-refractivity contribution in [2.75, 3.05) is 55.9 Å². The third-order valence-corrected chi connectivity index (χ3v) is 6.27. The number of hydrogen-bond donors (Lipinski definition) is 2. The van der Waals surface area contributed by atoms with Crippen molar-refractivity contribution in [3.8, 4) is 22.9 Å². The Hall–Kier alpha value is -4.39. The van der Waals surface area contributed by atoms with Crippen molar-refractivity contribution in [1.29, 1.82) is 0 Å². The molecule has 0 radical (unpaired) electrons. The number of methoxy groups -OCH3 is 1. The van der Waals surface area contributed by atoms with Crippen LogP contribution < -0.4 is 25.0 Å². The van der Waals surface area contributed by atoms with Crippen LogP contribution in [0.15, 0.2) is 55.4 Å². The van der Waals surface area contributed by atoms with Crippen LogP contribution >= 0.6 is 0 Å². The van der Waals surface area contributed by atoms with Gasteiger partial charge < -0.3 is 29.9 Å². The van der Waals surface area contributed by atoms with Gasteiger partial charge in [0.15, 0.2) is 5.82 Å². The lowest BCUT2D eigenvalue weighted by atomic mass is 10.2. The Kier molecular flexibility index (Phi) is 9.04. The van der Waals surface area contributed by atoms with E-state index in [2.05, 4.69) is 41.8 Å². The number of halogens is 3. The zero-order valence-electron chi connectivity index (χ0n) is 22.2. The monoisotopic (exact) mass is 557 g/mol. The van der Waals surface area contributed by atoms with Gasteiger partial charge in [0, 0.05) is 31.8 Å². The number of likely N-dealkylation sites (tertiary alicyclic amines) is 1. The molecule has 2 N–H and O–H groups in total. The van der Waals surface area contributed by atoms with Crippen LogP contribution in [0.1, 0.15) is 12.8 Å². The van der Waals surface area contributed by atoms with Gasteiger partial charge in [-0.25, -0.2) is 9.97 Å². The Labute approximate surface area is 229 Å². The number of ether oxygens (including phenoxy) is 2. The maximum atomic E-state index is 12.7. The first kappa shape index (κ1) is 28.6. The van der Waals surface area contributed by atoms with E-state index in [0.717, 1.165) is 31.9 Å². The highest BCUT2D eigenvalue weighted by Crippen LogP contribution is 2.38. The molecule has 0 saturated carbocycles. The Balaban J connectivity index is 1.61. The second-order valence-corrected chi connectivity index (χ2v) is 9.07.